The highest BCUT2D eigenvalue weighted by Gasteiger charge is 2.21. The van der Waals surface area contributed by atoms with Crippen molar-refractivity contribution in [2.75, 3.05) is 12.4 Å². The van der Waals surface area contributed by atoms with Gasteiger partial charge in [-0.15, -0.1) is 0 Å². The number of carbonyl (C=O) groups is 1. The number of fused-ring (bicyclic) bond motifs is 1. The monoisotopic (exact) mass is 421 g/mol. The summed E-state index contributed by atoms with van der Waals surface area (Å²) in [6, 6.07) is 14.6. The van der Waals surface area contributed by atoms with E-state index in [0.717, 1.165) is 38.4 Å². The minimum Gasteiger partial charge on any atom is -0.495 e. The van der Waals surface area contributed by atoms with Crippen LogP contribution >= 0.6 is 11.3 Å². The van der Waals surface area contributed by atoms with Gasteiger partial charge in [0.15, 0.2) is 0 Å². The van der Waals surface area contributed by atoms with Gasteiger partial charge < -0.3 is 15.2 Å². The number of benzene rings is 2. The summed E-state index contributed by atoms with van der Waals surface area (Å²) >= 11 is 0.882. The number of para-hydroxylation sites is 3. The van der Waals surface area contributed by atoms with Crippen LogP contribution in [-0.4, -0.2) is 28.4 Å². The zero-order valence-electron chi connectivity index (χ0n) is 16.4. The van der Waals surface area contributed by atoms with Gasteiger partial charge in [-0.3, -0.25) is 19.1 Å². The molecule has 2 heterocycles. The van der Waals surface area contributed by atoms with E-state index in [2.05, 4.69) is 10.3 Å². The van der Waals surface area contributed by atoms with Crippen molar-refractivity contribution in [2.45, 2.75) is 13.5 Å². The number of amides is 1. The molecular weight excluding hydrogens is 402 g/mol. The number of hydrogen-bond donors (Lipinski definition) is 2. The van der Waals surface area contributed by atoms with Crippen LogP contribution in [0.2, 0.25) is 0 Å². The van der Waals surface area contributed by atoms with Crippen LogP contribution in [0.1, 0.15) is 17.4 Å². The number of thiazole rings is 1. The number of aromatic hydroxyl groups is 1. The molecule has 3 aromatic rings. The topological polar surface area (TPSA) is 92.9 Å². The quantitative estimate of drug-likeness (QED) is 0.653. The van der Waals surface area contributed by atoms with Gasteiger partial charge in [-0.2, -0.15) is 0 Å². The molecule has 2 N–H and O–H groups in total. The average molecular weight is 421 g/mol. The van der Waals surface area contributed by atoms with E-state index < -0.39 is 10.8 Å². The van der Waals surface area contributed by atoms with Gasteiger partial charge in [0.2, 0.25) is 11.8 Å². The lowest BCUT2D eigenvalue weighted by atomic mass is 10.0. The van der Waals surface area contributed by atoms with Gasteiger partial charge in [0.1, 0.15) is 12.3 Å². The second-order valence-corrected chi connectivity index (χ2v) is 7.66. The van der Waals surface area contributed by atoms with Crippen LogP contribution in [0, 0.1) is 0 Å². The van der Waals surface area contributed by atoms with Crippen molar-refractivity contribution in [2.24, 2.45) is 4.99 Å². The van der Waals surface area contributed by atoms with Crippen molar-refractivity contribution < 1.29 is 14.6 Å². The van der Waals surface area contributed by atoms with Gasteiger partial charge in [-0.1, -0.05) is 41.7 Å². The highest BCUT2D eigenvalue weighted by Crippen LogP contribution is 2.37. The van der Waals surface area contributed by atoms with E-state index in [1.807, 2.05) is 31.2 Å². The second kappa shape index (κ2) is 8.00. The Kier molecular flexibility index (Phi) is 5.24. The Morgan fingerprint density at radius 1 is 1.23 bits per heavy atom. The highest BCUT2D eigenvalue weighted by molar-refractivity contribution is 7.10. The van der Waals surface area contributed by atoms with Crippen molar-refractivity contribution in [3.8, 4) is 11.6 Å². The normalized spacial score (nSPS) is 13.8. The third-order valence-electron chi connectivity index (χ3n) is 4.72. The molecule has 7 nitrogen and oxygen atoms in total. The number of carbonyl (C=O) groups excluding carboxylic acids is 1. The molecule has 4 rings (SSSR count). The van der Waals surface area contributed by atoms with Crippen molar-refractivity contribution in [1.29, 1.82) is 0 Å². The number of allylic oxidation sites excluding steroid dienone is 1. The Labute approximate surface area is 176 Å². The fraction of sp³-hybridized carbons (Fsp3) is 0.136. The third kappa shape index (κ3) is 3.65. The molecule has 0 radical (unpaired) electrons. The maximum absolute atomic E-state index is 12.5. The SMILES string of the molecule is COc1ccccc1NC(=O)Cn1c(O)c(C=C2C(C)=Nc3ccccc32)sc1=O. The molecule has 0 saturated carbocycles. The molecule has 0 bridgehead atoms. The molecule has 1 amide bonds. The predicted octanol–water partition coefficient (Wildman–Crippen LogP) is 3.91. The van der Waals surface area contributed by atoms with E-state index in [-0.39, 0.29) is 12.4 Å². The summed E-state index contributed by atoms with van der Waals surface area (Å²) < 4.78 is 6.26. The summed E-state index contributed by atoms with van der Waals surface area (Å²) in [4.78, 5) is 29.4. The smallest absolute Gasteiger partial charge is 0.311 e. The predicted molar refractivity (Wildman–Crippen MR) is 119 cm³/mol. The van der Waals surface area contributed by atoms with E-state index in [9.17, 15) is 14.7 Å². The van der Waals surface area contributed by atoms with Crippen LogP contribution in [0.5, 0.6) is 11.6 Å². The van der Waals surface area contributed by atoms with E-state index in [4.69, 9.17) is 4.74 Å². The van der Waals surface area contributed by atoms with Crippen LogP contribution < -0.4 is 14.9 Å². The minimum absolute atomic E-state index is 0.246. The first-order chi connectivity index (χ1) is 14.5. The molecule has 8 heteroatoms. The lowest BCUT2D eigenvalue weighted by Gasteiger charge is -2.10. The Balaban J connectivity index is 1.60. The zero-order chi connectivity index (χ0) is 21.3. The van der Waals surface area contributed by atoms with Crippen molar-refractivity contribution in [3.05, 3.63) is 68.6 Å². The molecule has 1 aliphatic heterocycles. The summed E-state index contributed by atoms with van der Waals surface area (Å²) in [6.07, 6.45) is 1.74. The maximum Gasteiger partial charge on any atom is 0.311 e. The zero-order valence-corrected chi connectivity index (χ0v) is 17.2. The van der Waals surface area contributed by atoms with Crippen LogP contribution in [0.15, 0.2) is 58.3 Å². The summed E-state index contributed by atoms with van der Waals surface area (Å²) in [5.41, 5.74) is 3.92. The molecule has 0 aliphatic carbocycles. The van der Waals surface area contributed by atoms with Crippen molar-refractivity contribution in [3.63, 3.8) is 0 Å². The number of rotatable bonds is 5. The molecule has 0 saturated heterocycles. The second-order valence-electron chi connectivity index (χ2n) is 6.66. The summed E-state index contributed by atoms with van der Waals surface area (Å²) in [6.45, 7) is 1.56. The molecule has 152 valence electrons. The first-order valence-electron chi connectivity index (χ1n) is 9.20. The van der Waals surface area contributed by atoms with Crippen LogP contribution in [0.3, 0.4) is 0 Å². The van der Waals surface area contributed by atoms with Gasteiger partial charge in [0.05, 0.1) is 23.4 Å². The molecular formula is C22H19N3O4S. The molecule has 0 spiro atoms. The van der Waals surface area contributed by atoms with Crippen LogP contribution in [0.4, 0.5) is 11.4 Å². The molecule has 30 heavy (non-hydrogen) atoms. The summed E-state index contributed by atoms with van der Waals surface area (Å²) in [5.74, 6) is -0.185. The van der Waals surface area contributed by atoms with Gasteiger partial charge in [-0.25, -0.2) is 0 Å². The minimum atomic E-state index is -0.446. The number of ether oxygens (including phenoxy) is 1. The van der Waals surface area contributed by atoms with Crippen LogP contribution in [-0.2, 0) is 11.3 Å². The van der Waals surface area contributed by atoms with Gasteiger partial charge in [0, 0.05) is 16.8 Å². The molecule has 0 fully saturated rings. The standard InChI is InChI=1S/C22H19N3O4S/c1-13-15(14-7-3-4-8-16(14)23-13)11-19-21(27)25(22(28)30-19)12-20(26)24-17-9-5-6-10-18(17)29-2/h3-11,27H,12H2,1-2H3,(H,24,26). The fourth-order valence-electron chi connectivity index (χ4n) is 3.28. The summed E-state index contributed by atoms with van der Waals surface area (Å²) in [5, 5.41) is 13.3. The Morgan fingerprint density at radius 3 is 2.77 bits per heavy atom. The van der Waals surface area contributed by atoms with Crippen molar-refractivity contribution in [1.82, 2.24) is 4.57 Å². The Morgan fingerprint density at radius 2 is 1.97 bits per heavy atom. The van der Waals surface area contributed by atoms with E-state index >= 15 is 0 Å². The Bertz CT molecular complexity index is 1250. The number of aliphatic imine (C=N–C) groups is 1. The first-order valence-corrected chi connectivity index (χ1v) is 10.0. The number of nitrogens with one attached hydrogen (secondary N) is 1. The highest BCUT2D eigenvalue weighted by atomic mass is 32.1. The average Bonchev–Trinajstić information content (AvgIpc) is 3.19. The van der Waals surface area contributed by atoms with E-state index in [0.29, 0.717) is 16.3 Å². The van der Waals surface area contributed by atoms with Crippen molar-refractivity contribution >= 4 is 46.0 Å². The lowest BCUT2D eigenvalue weighted by molar-refractivity contribution is -0.116. The Hall–Kier alpha value is -3.65. The number of nitrogens with zero attached hydrogens (tertiary/aromatic N) is 2. The molecule has 2 aromatic carbocycles. The largest absolute Gasteiger partial charge is 0.495 e. The number of aromatic nitrogens is 1. The molecule has 1 aromatic heterocycles. The number of methoxy groups -OCH3 is 1. The van der Waals surface area contributed by atoms with E-state index in [1.54, 1.807) is 30.3 Å². The maximum atomic E-state index is 12.5. The lowest BCUT2D eigenvalue weighted by Crippen LogP contribution is -2.24. The molecule has 1 aliphatic rings. The van der Waals surface area contributed by atoms with Gasteiger partial charge in [0.25, 0.3) is 0 Å². The van der Waals surface area contributed by atoms with Crippen LogP contribution in [0.25, 0.3) is 11.6 Å². The van der Waals surface area contributed by atoms with E-state index in [1.165, 1.54) is 7.11 Å². The fourth-order valence-corrected chi connectivity index (χ4v) is 4.10. The van der Waals surface area contributed by atoms with Gasteiger partial charge >= 0.3 is 4.87 Å². The third-order valence-corrected chi connectivity index (χ3v) is 5.64. The molecule has 0 unspecified atom stereocenters. The first kappa shape index (κ1) is 19.7. The number of anilines is 1. The number of hydrogen-bond acceptors (Lipinski definition) is 6. The van der Waals surface area contributed by atoms with Gasteiger partial charge in [-0.05, 0) is 31.2 Å². The molecule has 0 atom stereocenters. The summed E-state index contributed by atoms with van der Waals surface area (Å²) in [7, 11) is 1.51.